The van der Waals surface area contributed by atoms with Gasteiger partial charge in [0.1, 0.15) is 5.75 Å². The molecule has 0 radical (unpaired) electrons. The lowest BCUT2D eigenvalue weighted by Crippen LogP contribution is -2.23. The summed E-state index contributed by atoms with van der Waals surface area (Å²) < 4.78 is 25.7. The highest BCUT2D eigenvalue weighted by Crippen LogP contribution is 2.44. The van der Waals surface area contributed by atoms with Gasteiger partial charge in [0, 0.05) is 0 Å². The van der Waals surface area contributed by atoms with Gasteiger partial charge >= 0.3 is 13.8 Å². The number of rotatable bonds is 6. The maximum Gasteiger partial charge on any atom is 0.528 e. The first-order valence-corrected chi connectivity index (χ1v) is 6.86. The molecule has 1 unspecified atom stereocenters. The summed E-state index contributed by atoms with van der Waals surface area (Å²) in [6.07, 6.45) is -1.18. The van der Waals surface area contributed by atoms with Crippen LogP contribution < -0.4 is 4.52 Å². The van der Waals surface area contributed by atoms with Crippen LogP contribution in [0.4, 0.5) is 0 Å². The van der Waals surface area contributed by atoms with Crippen LogP contribution in [0.15, 0.2) is 30.3 Å². The number of hydrogen-bond acceptors (Lipinski definition) is 5. The Kier molecular flexibility index (Phi) is 5.34. The Labute approximate surface area is 105 Å². The highest BCUT2D eigenvalue weighted by molar-refractivity contribution is 7.47. The van der Waals surface area contributed by atoms with Crippen molar-refractivity contribution in [2.75, 3.05) is 6.61 Å². The van der Waals surface area contributed by atoms with Crippen LogP contribution >= 0.6 is 7.82 Å². The van der Waals surface area contributed by atoms with E-state index in [1.807, 2.05) is 0 Å². The molecule has 6 nitrogen and oxygen atoms in total. The van der Waals surface area contributed by atoms with Crippen LogP contribution in [-0.2, 0) is 18.6 Å². The maximum absolute atomic E-state index is 11.6. The molecule has 1 aromatic carbocycles. The molecular weight excluding hydrogens is 259 g/mol. The van der Waals surface area contributed by atoms with Crippen LogP contribution in [-0.4, -0.2) is 23.6 Å². The van der Waals surface area contributed by atoms with E-state index in [2.05, 4.69) is 9.26 Å². The monoisotopic (exact) mass is 274 g/mol. The zero-order valence-electron chi connectivity index (χ0n) is 10.1. The summed E-state index contributed by atoms with van der Waals surface area (Å²) in [4.78, 5) is 20.7. The normalized spacial score (nSPS) is 15.5. The molecular formula is C11H15O6P. The predicted molar refractivity (Wildman–Crippen MR) is 64.1 cm³/mol. The van der Waals surface area contributed by atoms with Crippen molar-refractivity contribution in [2.24, 2.45) is 0 Å². The van der Waals surface area contributed by atoms with E-state index in [-0.39, 0.29) is 12.4 Å². The van der Waals surface area contributed by atoms with Gasteiger partial charge in [-0.05, 0) is 26.0 Å². The lowest BCUT2D eigenvalue weighted by atomic mass is 10.3. The molecule has 0 aliphatic carbocycles. The molecule has 1 N–H and O–H groups in total. The number of para-hydroxylation sites is 1. The quantitative estimate of drug-likeness (QED) is 0.632. The summed E-state index contributed by atoms with van der Waals surface area (Å²) in [5.41, 5.74) is 0. The standard InChI is InChI=1S/C11H15O6P/c1-3-15-11(12)9(2)16-18(13,14)17-10-7-5-4-6-8-10/h4-9H,3H2,1-2H3,(H,13,14)/t9-/m0/s1. The maximum atomic E-state index is 11.6. The lowest BCUT2D eigenvalue weighted by molar-refractivity contribution is -0.151. The largest absolute Gasteiger partial charge is 0.528 e. The third kappa shape index (κ3) is 4.87. The highest BCUT2D eigenvalue weighted by atomic mass is 31.2. The molecule has 0 saturated carbocycles. The van der Waals surface area contributed by atoms with E-state index in [9.17, 15) is 14.3 Å². The predicted octanol–water partition coefficient (Wildman–Crippen LogP) is 2.13. The van der Waals surface area contributed by atoms with Crippen LogP contribution in [0.2, 0.25) is 0 Å². The third-order valence-electron chi connectivity index (χ3n) is 1.87. The molecule has 0 aliphatic heterocycles. The molecule has 0 bridgehead atoms. The molecule has 0 heterocycles. The van der Waals surface area contributed by atoms with E-state index >= 15 is 0 Å². The Bertz CT molecular complexity index is 432. The molecule has 0 saturated heterocycles. The van der Waals surface area contributed by atoms with Gasteiger partial charge in [0.05, 0.1) is 6.61 Å². The minimum absolute atomic E-state index is 0.168. The van der Waals surface area contributed by atoms with Crippen LogP contribution in [0.3, 0.4) is 0 Å². The van der Waals surface area contributed by atoms with E-state index in [0.29, 0.717) is 0 Å². The van der Waals surface area contributed by atoms with Crippen molar-refractivity contribution in [2.45, 2.75) is 20.0 Å². The highest BCUT2D eigenvalue weighted by Gasteiger charge is 2.30. The van der Waals surface area contributed by atoms with Crippen LogP contribution in [0.5, 0.6) is 5.75 Å². The number of esters is 1. The Hall–Kier alpha value is -1.36. The summed E-state index contributed by atoms with van der Waals surface area (Å²) in [5.74, 6) is -0.539. The van der Waals surface area contributed by atoms with Gasteiger partial charge < -0.3 is 9.26 Å². The number of carbonyl (C=O) groups excluding carboxylic acids is 1. The second-order valence-electron chi connectivity index (χ2n) is 3.37. The van der Waals surface area contributed by atoms with Gasteiger partial charge in [0.15, 0.2) is 6.10 Å². The van der Waals surface area contributed by atoms with Gasteiger partial charge in [-0.15, -0.1) is 0 Å². The fourth-order valence-electron chi connectivity index (χ4n) is 1.14. The first-order chi connectivity index (χ1) is 8.44. The van der Waals surface area contributed by atoms with E-state index in [1.54, 1.807) is 25.1 Å². The number of phosphoric ester groups is 1. The number of benzene rings is 1. The zero-order valence-corrected chi connectivity index (χ0v) is 11.0. The molecule has 100 valence electrons. The van der Waals surface area contributed by atoms with Crippen molar-refractivity contribution in [3.05, 3.63) is 30.3 Å². The van der Waals surface area contributed by atoms with E-state index < -0.39 is 19.9 Å². The van der Waals surface area contributed by atoms with Gasteiger partial charge in [-0.25, -0.2) is 9.36 Å². The van der Waals surface area contributed by atoms with Gasteiger partial charge in [0.25, 0.3) is 0 Å². The summed E-state index contributed by atoms with van der Waals surface area (Å²) in [6, 6.07) is 8.02. The molecule has 0 fully saturated rings. The van der Waals surface area contributed by atoms with Crippen molar-refractivity contribution < 1.29 is 28.0 Å². The van der Waals surface area contributed by atoms with Crippen molar-refractivity contribution >= 4 is 13.8 Å². The van der Waals surface area contributed by atoms with Gasteiger partial charge in [-0.2, -0.15) is 0 Å². The van der Waals surface area contributed by atoms with Crippen molar-refractivity contribution in [3.8, 4) is 5.75 Å². The lowest BCUT2D eigenvalue weighted by Gasteiger charge is -2.16. The summed E-state index contributed by atoms with van der Waals surface area (Å²) >= 11 is 0. The summed E-state index contributed by atoms with van der Waals surface area (Å²) in [5, 5.41) is 0. The minimum atomic E-state index is -4.35. The van der Waals surface area contributed by atoms with Crippen molar-refractivity contribution in [1.29, 1.82) is 0 Å². The SMILES string of the molecule is CCOC(=O)[C@H](C)OP(=O)(O)Oc1ccccc1. The fourth-order valence-corrected chi connectivity index (χ4v) is 2.06. The number of ether oxygens (including phenoxy) is 1. The van der Waals surface area contributed by atoms with Gasteiger partial charge in [-0.3, -0.25) is 9.42 Å². The number of hydrogen-bond donors (Lipinski definition) is 1. The Balaban J connectivity index is 2.59. The second-order valence-corrected chi connectivity index (χ2v) is 4.70. The molecule has 1 aromatic rings. The van der Waals surface area contributed by atoms with E-state index in [1.165, 1.54) is 19.1 Å². The molecule has 0 spiro atoms. The molecule has 0 aromatic heterocycles. The molecule has 18 heavy (non-hydrogen) atoms. The van der Waals surface area contributed by atoms with E-state index in [4.69, 9.17) is 4.52 Å². The Morgan fingerprint density at radius 2 is 2.00 bits per heavy atom. The fraction of sp³-hybridized carbons (Fsp3) is 0.364. The first kappa shape index (κ1) is 14.7. The van der Waals surface area contributed by atoms with Crippen LogP contribution in [0, 0.1) is 0 Å². The first-order valence-electron chi connectivity index (χ1n) is 5.37. The summed E-state index contributed by atoms with van der Waals surface area (Å²) in [7, 11) is -4.35. The number of carbonyl (C=O) groups is 1. The van der Waals surface area contributed by atoms with E-state index in [0.717, 1.165) is 0 Å². The minimum Gasteiger partial charge on any atom is -0.464 e. The average Bonchev–Trinajstić information content (AvgIpc) is 2.29. The number of phosphoric acid groups is 1. The summed E-state index contributed by atoms with van der Waals surface area (Å²) in [6.45, 7) is 3.11. The van der Waals surface area contributed by atoms with Crippen LogP contribution in [0.1, 0.15) is 13.8 Å². The Morgan fingerprint density at radius 1 is 1.39 bits per heavy atom. The second kappa shape index (κ2) is 6.54. The zero-order chi connectivity index (χ0) is 13.6. The van der Waals surface area contributed by atoms with Crippen molar-refractivity contribution in [3.63, 3.8) is 0 Å². The van der Waals surface area contributed by atoms with Gasteiger partial charge in [0.2, 0.25) is 0 Å². The molecule has 0 amide bonds. The third-order valence-corrected chi connectivity index (χ3v) is 2.90. The molecule has 2 atom stereocenters. The smallest absolute Gasteiger partial charge is 0.464 e. The Morgan fingerprint density at radius 3 is 2.56 bits per heavy atom. The van der Waals surface area contributed by atoms with Crippen molar-refractivity contribution in [1.82, 2.24) is 0 Å². The molecule has 0 aliphatic rings. The molecule has 1 rings (SSSR count). The molecule has 7 heteroatoms. The van der Waals surface area contributed by atoms with Gasteiger partial charge in [-0.1, -0.05) is 18.2 Å². The topological polar surface area (TPSA) is 82.1 Å². The van der Waals surface area contributed by atoms with Crippen LogP contribution in [0.25, 0.3) is 0 Å². The average molecular weight is 274 g/mol.